The van der Waals surface area contributed by atoms with E-state index in [1.165, 1.54) is 25.7 Å². The van der Waals surface area contributed by atoms with Crippen LogP contribution in [0.1, 0.15) is 32.6 Å². The van der Waals surface area contributed by atoms with Gasteiger partial charge in [0, 0.05) is 18.8 Å². The van der Waals surface area contributed by atoms with Crippen LogP contribution in [0.5, 0.6) is 0 Å². The number of pyridine rings is 1. The van der Waals surface area contributed by atoms with Gasteiger partial charge in [-0.25, -0.2) is 15.0 Å². The van der Waals surface area contributed by atoms with E-state index < -0.39 is 0 Å². The topological polar surface area (TPSA) is 41.9 Å². The number of hydrogen-bond donors (Lipinski definition) is 0. The summed E-state index contributed by atoms with van der Waals surface area (Å²) in [5.74, 6) is 1.06. The smallest absolute Gasteiger partial charge is 0.164 e. The zero-order valence-corrected chi connectivity index (χ0v) is 10.7. The summed E-state index contributed by atoms with van der Waals surface area (Å²) in [6.07, 6.45) is 8.44. The fourth-order valence-corrected chi connectivity index (χ4v) is 2.81. The second kappa shape index (κ2) is 4.88. The summed E-state index contributed by atoms with van der Waals surface area (Å²) in [7, 11) is 0. The highest BCUT2D eigenvalue weighted by atomic mass is 15.2. The standard InChI is InChI=1S/C14H18N4/c1-2-11-6-3-4-9-18(11)14-12-7-5-8-15-13(12)16-10-17-14/h5,7-8,10-11H,2-4,6,9H2,1H3. The van der Waals surface area contributed by atoms with Crippen LogP contribution >= 0.6 is 0 Å². The van der Waals surface area contributed by atoms with Crippen molar-refractivity contribution >= 4 is 16.9 Å². The Bertz CT molecular complexity index is 535. The highest BCUT2D eigenvalue weighted by Crippen LogP contribution is 2.29. The van der Waals surface area contributed by atoms with Crippen LogP contribution in [0.15, 0.2) is 24.7 Å². The van der Waals surface area contributed by atoms with Crippen molar-refractivity contribution in [1.82, 2.24) is 15.0 Å². The van der Waals surface area contributed by atoms with Crippen molar-refractivity contribution in [2.24, 2.45) is 0 Å². The van der Waals surface area contributed by atoms with Crippen molar-refractivity contribution in [1.29, 1.82) is 0 Å². The second-order valence-corrected chi connectivity index (χ2v) is 4.82. The van der Waals surface area contributed by atoms with E-state index in [2.05, 4.69) is 32.8 Å². The molecule has 1 atom stereocenters. The molecule has 0 aliphatic carbocycles. The van der Waals surface area contributed by atoms with Crippen LogP contribution in [-0.4, -0.2) is 27.5 Å². The Labute approximate surface area is 107 Å². The van der Waals surface area contributed by atoms with Crippen molar-refractivity contribution < 1.29 is 0 Å². The Morgan fingerprint density at radius 1 is 1.28 bits per heavy atom. The van der Waals surface area contributed by atoms with Gasteiger partial charge in [-0.3, -0.25) is 0 Å². The molecule has 0 saturated carbocycles. The number of anilines is 1. The summed E-state index contributed by atoms with van der Waals surface area (Å²) in [6.45, 7) is 3.35. The number of hydrogen-bond acceptors (Lipinski definition) is 4. The molecule has 94 valence electrons. The van der Waals surface area contributed by atoms with E-state index in [-0.39, 0.29) is 0 Å². The van der Waals surface area contributed by atoms with Crippen LogP contribution in [0.25, 0.3) is 11.0 Å². The molecular formula is C14H18N4. The normalized spacial score (nSPS) is 20.3. The molecule has 2 aromatic heterocycles. The van der Waals surface area contributed by atoms with Gasteiger partial charge in [0.05, 0.1) is 5.39 Å². The Morgan fingerprint density at radius 3 is 3.11 bits per heavy atom. The summed E-state index contributed by atoms with van der Waals surface area (Å²) in [6, 6.07) is 4.64. The molecule has 18 heavy (non-hydrogen) atoms. The molecule has 4 heteroatoms. The Morgan fingerprint density at radius 2 is 2.22 bits per heavy atom. The van der Waals surface area contributed by atoms with Gasteiger partial charge in [-0.05, 0) is 37.8 Å². The van der Waals surface area contributed by atoms with Crippen molar-refractivity contribution in [3.8, 4) is 0 Å². The molecule has 2 aromatic rings. The van der Waals surface area contributed by atoms with E-state index in [9.17, 15) is 0 Å². The minimum Gasteiger partial charge on any atom is -0.353 e. The number of fused-ring (bicyclic) bond motifs is 1. The summed E-state index contributed by atoms with van der Waals surface area (Å²) in [5.41, 5.74) is 0.794. The molecule has 1 saturated heterocycles. The molecule has 0 aromatic carbocycles. The van der Waals surface area contributed by atoms with Gasteiger partial charge in [0.15, 0.2) is 5.65 Å². The van der Waals surface area contributed by atoms with Gasteiger partial charge in [0.25, 0.3) is 0 Å². The first kappa shape index (κ1) is 11.4. The largest absolute Gasteiger partial charge is 0.353 e. The monoisotopic (exact) mass is 242 g/mol. The quantitative estimate of drug-likeness (QED) is 0.812. The van der Waals surface area contributed by atoms with Crippen LogP contribution in [0.2, 0.25) is 0 Å². The number of rotatable bonds is 2. The van der Waals surface area contributed by atoms with Crippen LogP contribution in [0, 0.1) is 0 Å². The maximum Gasteiger partial charge on any atom is 0.164 e. The third-order valence-electron chi connectivity index (χ3n) is 3.76. The van der Waals surface area contributed by atoms with E-state index in [0.717, 1.165) is 23.4 Å². The first-order valence-electron chi connectivity index (χ1n) is 6.72. The Balaban J connectivity index is 2.07. The predicted molar refractivity (Wildman–Crippen MR) is 72.6 cm³/mol. The van der Waals surface area contributed by atoms with Gasteiger partial charge in [-0.1, -0.05) is 6.92 Å². The molecule has 0 amide bonds. The number of piperidine rings is 1. The molecule has 1 fully saturated rings. The van der Waals surface area contributed by atoms with Crippen molar-refractivity contribution in [2.75, 3.05) is 11.4 Å². The molecule has 1 aliphatic rings. The van der Waals surface area contributed by atoms with Gasteiger partial charge in [-0.15, -0.1) is 0 Å². The molecule has 1 aliphatic heterocycles. The average molecular weight is 242 g/mol. The van der Waals surface area contributed by atoms with E-state index in [4.69, 9.17) is 0 Å². The molecule has 0 bridgehead atoms. The maximum absolute atomic E-state index is 4.50. The van der Waals surface area contributed by atoms with Gasteiger partial charge in [-0.2, -0.15) is 0 Å². The summed E-state index contributed by atoms with van der Waals surface area (Å²) in [5, 5.41) is 1.07. The zero-order valence-electron chi connectivity index (χ0n) is 10.7. The Hall–Kier alpha value is -1.71. The van der Waals surface area contributed by atoms with E-state index in [1.807, 2.05) is 6.07 Å². The van der Waals surface area contributed by atoms with Gasteiger partial charge < -0.3 is 4.90 Å². The minimum atomic E-state index is 0.608. The second-order valence-electron chi connectivity index (χ2n) is 4.82. The predicted octanol–water partition coefficient (Wildman–Crippen LogP) is 2.79. The number of aromatic nitrogens is 3. The number of nitrogens with zero attached hydrogens (tertiary/aromatic N) is 4. The lowest BCUT2D eigenvalue weighted by molar-refractivity contribution is 0.447. The third kappa shape index (κ3) is 1.92. The summed E-state index contributed by atoms with van der Waals surface area (Å²) in [4.78, 5) is 15.5. The molecule has 0 N–H and O–H groups in total. The van der Waals surface area contributed by atoms with Gasteiger partial charge in [0.1, 0.15) is 12.1 Å². The lowest BCUT2D eigenvalue weighted by Gasteiger charge is -2.36. The molecule has 3 rings (SSSR count). The lowest BCUT2D eigenvalue weighted by Crippen LogP contribution is -2.39. The Kier molecular flexibility index (Phi) is 3.09. The minimum absolute atomic E-state index is 0.608. The van der Waals surface area contributed by atoms with Gasteiger partial charge >= 0.3 is 0 Å². The highest BCUT2D eigenvalue weighted by molar-refractivity contribution is 5.86. The maximum atomic E-state index is 4.50. The first-order valence-corrected chi connectivity index (χ1v) is 6.72. The molecule has 0 spiro atoms. The summed E-state index contributed by atoms with van der Waals surface area (Å²) >= 11 is 0. The lowest BCUT2D eigenvalue weighted by atomic mass is 10.00. The molecule has 1 unspecified atom stereocenters. The molecule has 3 heterocycles. The first-order chi connectivity index (χ1) is 8.90. The van der Waals surface area contributed by atoms with Crippen molar-refractivity contribution in [3.63, 3.8) is 0 Å². The van der Waals surface area contributed by atoms with Crippen LogP contribution in [-0.2, 0) is 0 Å². The van der Waals surface area contributed by atoms with Crippen LogP contribution in [0.3, 0.4) is 0 Å². The van der Waals surface area contributed by atoms with Gasteiger partial charge in [0.2, 0.25) is 0 Å². The van der Waals surface area contributed by atoms with E-state index >= 15 is 0 Å². The van der Waals surface area contributed by atoms with Crippen molar-refractivity contribution in [2.45, 2.75) is 38.6 Å². The van der Waals surface area contributed by atoms with E-state index in [1.54, 1.807) is 12.5 Å². The zero-order chi connectivity index (χ0) is 12.4. The fourth-order valence-electron chi connectivity index (χ4n) is 2.81. The summed E-state index contributed by atoms with van der Waals surface area (Å²) < 4.78 is 0. The van der Waals surface area contributed by atoms with Crippen LogP contribution in [0.4, 0.5) is 5.82 Å². The fraction of sp³-hybridized carbons (Fsp3) is 0.500. The SMILES string of the molecule is CCC1CCCCN1c1ncnc2ncccc12. The highest BCUT2D eigenvalue weighted by Gasteiger charge is 2.23. The third-order valence-corrected chi connectivity index (χ3v) is 3.76. The molecule has 0 radical (unpaired) electrons. The van der Waals surface area contributed by atoms with E-state index in [0.29, 0.717) is 6.04 Å². The van der Waals surface area contributed by atoms with Crippen molar-refractivity contribution in [3.05, 3.63) is 24.7 Å². The molecular weight excluding hydrogens is 224 g/mol. The molecule has 4 nitrogen and oxygen atoms in total. The van der Waals surface area contributed by atoms with Crippen LogP contribution < -0.4 is 4.90 Å². The average Bonchev–Trinajstić information content (AvgIpc) is 2.46.